The molecule has 0 aliphatic carbocycles. The Morgan fingerprint density at radius 3 is 3.45 bits per heavy atom. The Morgan fingerprint density at radius 1 is 1.73 bits per heavy atom. The molecule has 2 heterocycles. The molecule has 11 heavy (non-hydrogen) atoms. The maximum atomic E-state index is 4.04. The number of nitrogens with one attached hydrogen (secondary N) is 1. The number of aromatic nitrogens is 2. The van der Waals surface area contributed by atoms with E-state index < -0.39 is 0 Å². The minimum atomic E-state index is 1.09. The maximum Gasteiger partial charge on any atom is 0.0782 e. The van der Waals surface area contributed by atoms with Crippen LogP contribution in [0.5, 0.6) is 0 Å². The fourth-order valence-electron chi connectivity index (χ4n) is 1.66. The summed E-state index contributed by atoms with van der Waals surface area (Å²) in [5.41, 5.74) is 2.61. The van der Waals surface area contributed by atoms with E-state index in [4.69, 9.17) is 0 Å². The summed E-state index contributed by atoms with van der Waals surface area (Å²) in [4.78, 5) is 2.36. The molecule has 1 aliphatic rings. The number of aromatic amines is 1. The minimum Gasteiger partial charge on any atom is -0.369 e. The fourth-order valence-corrected chi connectivity index (χ4v) is 1.66. The number of H-pyrrole nitrogens is 1. The van der Waals surface area contributed by atoms with Gasteiger partial charge in [0.15, 0.2) is 0 Å². The molecule has 0 bridgehead atoms. The van der Waals surface area contributed by atoms with E-state index >= 15 is 0 Å². The zero-order valence-electron chi connectivity index (χ0n) is 6.80. The average Bonchev–Trinajstić information content (AvgIpc) is 2.50. The van der Waals surface area contributed by atoms with E-state index in [1.165, 1.54) is 24.3 Å². The molecule has 1 aliphatic heterocycles. The van der Waals surface area contributed by atoms with Crippen molar-refractivity contribution in [2.24, 2.45) is 0 Å². The predicted molar refractivity (Wildman–Crippen MR) is 44.8 cm³/mol. The Labute approximate surface area is 66.4 Å². The molecule has 0 unspecified atom stereocenters. The van der Waals surface area contributed by atoms with Crippen molar-refractivity contribution in [3.05, 3.63) is 11.9 Å². The molecule has 1 N–H and O–H groups in total. The summed E-state index contributed by atoms with van der Waals surface area (Å²) in [6, 6.07) is 0. The lowest BCUT2D eigenvalue weighted by atomic mass is 10.1. The van der Waals surface area contributed by atoms with Crippen LogP contribution in [0.25, 0.3) is 0 Å². The number of anilines is 1. The lowest BCUT2D eigenvalue weighted by molar-refractivity contribution is 0.697. The first-order valence-corrected chi connectivity index (χ1v) is 4.19. The van der Waals surface area contributed by atoms with E-state index in [2.05, 4.69) is 22.0 Å². The van der Waals surface area contributed by atoms with Crippen LogP contribution >= 0.6 is 0 Å². The molecule has 0 atom stereocenters. The number of hydrogen-bond acceptors (Lipinski definition) is 2. The SMILES string of the molecule is CCN1CCCc2[nH]ncc21. The zero-order valence-corrected chi connectivity index (χ0v) is 6.80. The third-order valence-electron chi connectivity index (χ3n) is 2.27. The number of nitrogens with zero attached hydrogens (tertiary/aromatic N) is 2. The van der Waals surface area contributed by atoms with E-state index in [1.807, 2.05) is 6.20 Å². The van der Waals surface area contributed by atoms with Crippen LogP contribution < -0.4 is 4.90 Å². The molecular formula is C8H13N3. The molecule has 0 aromatic carbocycles. The molecular weight excluding hydrogens is 138 g/mol. The number of hydrogen-bond donors (Lipinski definition) is 1. The monoisotopic (exact) mass is 151 g/mol. The Bertz CT molecular complexity index is 241. The summed E-state index contributed by atoms with van der Waals surface area (Å²) in [5, 5.41) is 7.07. The summed E-state index contributed by atoms with van der Waals surface area (Å²) in [5.74, 6) is 0. The minimum absolute atomic E-state index is 1.09. The third-order valence-corrected chi connectivity index (χ3v) is 2.27. The van der Waals surface area contributed by atoms with Crippen LogP contribution in [0, 0.1) is 0 Å². The molecule has 0 spiro atoms. The second-order valence-corrected chi connectivity index (χ2v) is 2.92. The van der Waals surface area contributed by atoms with Crippen molar-refractivity contribution < 1.29 is 0 Å². The van der Waals surface area contributed by atoms with Gasteiger partial charge >= 0.3 is 0 Å². The fraction of sp³-hybridized carbons (Fsp3) is 0.625. The van der Waals surface area contributed by atoms with Crippen LogP contribution in [0.2, 0.25) is 0 Å². The van der Waals surface area contributed by atoms with Gasteiger partial charge in [0, 0.05) is 13.1 Å². The van der Waals surface area contributed by atoms with Crippen molar-refractivity contribution in [1.82, 2.24) is 10.2 Å². The number of fused-ring (bicyclic) bond motifs is 1. The topological polar surface area (TPSA) is 31.9 Å². The summed E-state index contributed by atoms with van der Waals surface area (Å²) in [6.45, 7) is 4.46. The highest BCUT2D eigenvalue weighted by Gasteiger charge is 2.16. The molecule has 1 aromatic rings. The molecule has 2 rings (SSSR count). The van der Waals surface area contributed by atoms with Crippen LogP contribution in [-0.4, -0.2) is 23.3 Å². The summed E-state index contributed by atoms with van der Waals surface area (Å²) in [6.07, 6.45) is 4.34. The van der Waals surface area contributed by atoms with Gasteiger partial charge < -0.3 is 4.90 Å². The van der Waals surface area contributed by atoms with Gasteiger partial charge in [0.05, 0.1) is 17.6 Å². The van der Waals surface area contributed by atoms with Gasteiger partial charge in [0.1, 0.15) is 0 Å². The van der Waals surface area contributed by atoms with E-state index in [1.54, 1.807) is 0 Å². The summed E-state index contributed by atoms with van der Waals surface area (Å²) < 4.78 is 0. The average molecular weight is 151 g/mol. The predicted octanol–water partition coefficient (Wildman–Crippen LogP) is 1.18. The molecule has 0 saturated carbocycles. The Balaban J connectivity index is 2.32. The quantitative estimate of drug-likeness (QED) is 0.653. The lowest BCUT2D eigenvalue weighted by Crippen LogP contribution is -2.28. The van der Waals surface area contributed by atoms with E-state index in [-0.39, 0.29) is 0 Å². The van der Waals surface area contributed by atoms with Crippen molar-refractivity contribution in [3.63, 3.8) is 0 Å². The van der Waals surface area contributed by atoms with Gasteiger partial charge in [-0.05, 0) is 19.8 Å². The van der Waals surface area contributed by atoms with Crippen LogP contribution in [0.1, 0.15) is 19.0 Å². The first-order chi connectivity index (χ1) is 5.42. The summed E-state index contributed by atoms with van der Waals surface area (Å²) in [7, 11) is 0. The normalized spacial score (nSPS) is 16.6. The molecule has 3 nitrogen and oxygen atoms in total. The molecule has 0 amide bonds. The van der Waals surface area contributed by atoms with Crippen molar-refractivity contribution in [3.8, 4) is 0 Å². The van der Waals surface area contributed by atoms with Crippen LogP contribution in [0.3, 0.4) is 0 Å². The highest BCUT2D eigenvalue weighted by atomic mass is 15.2. The standard InChI is InChI=1S/C8H13N3/c1-2-11-5-3-4-7-8(11)6-9-10-7/h6H,2-5H2,1H3,(H,9,10). The summed E-state index contributed by atoms with van der Waals surface area (Å²) >= 11 is 0. The van der Waals surface area contributed by atoms with Gasteiger partial charge in [-0.1, -0.05) is 0 Å². The van der Waals surface area contributed by atoms with Crippen LogP contribution in [-0.2, 0) is 6.42 Å². The van der Waals surface area contributed by atoms with Gasteiger partial charge in [-0.2, -0.15) is 5.10 Å². The van der Waals surface area contributed by atoms with Gasteiger partial charge in [-0.3, -0.25) is 5.10 Å². The largest absolute Gasteiger partial charge is 0.369 e. The lowest BCUT2D eigenvalue weighted by Gasteiger charge is -2.26. The molecule has 0 radical (unpaired) electrons. The van der Waals surface area contributed by atoms with Gasteiger partial charge in [0.2, 0.25) is 0 Å². The van der Waals surface area contributed by atoms with Crippen molar-refractivity contribution in [2.75, 3.05) is 18.0 Å². The molecule has 3 heteroatoms. The van der Waals surface area contributed by atoms with E-state index in [0.29, 0.717) is 0 Å². The third kappa shape index (κ3) is 1.00. The first kappa shape index (κ1) is 6.70. The van der Waals surface area contributed by atoms with Crippen LogP contribution in [0.15, 0.2) is 6.20 Å². The molecule has 0 saturated heterocycles. The zero-order chi connectivity index (χ0) is 7.68. The number of rotatable bonds is 1. The smallest absolute Gasteiger partial charge is 0.0782 e. The molecule has 0 fully saturated rings. The Kier molecular flexibility index (Phi) is 1.56. The van der Waals surface area contributed by atoms with Crippen LogP contribution in [0.4, 0.5) is 5.69 Å². The Morgan fingerprint density at radius 2 is 2.64 bits per heavy atom. The highest BCUT2D eigenvalue weighted by molar-refractivity contribution is 5.50. The highest BCUT2D eigenvalue weighted by Crippen LogP contribution is 2.23. The second kappa shape index (κ2) is 2.57. The van der Waals surface area contributed by atoms with Gasteiger partial charge in [-0.15, -0.1) is 0 Å². The first-order valence-electron chi connectivity index (χ1n) is 4.19. The maximum absolute atomic E-state index is 4.04. The van der Waals surface area contributed by atoms with Crippen molar-refractivity contribution in [2.45, 2.75) is 19.8 Å². The number of aryl methyl sites for hydroxylation is 1. The van der Waals surface area contributed by atoms with Crippen molar-refractivity contribution >= 4 is 5.69 Å². The van der Waals surface area contributed by atoms with Crippen molar-refractivity contribution in [1.29, 1.82) is 0 Å². The van der Waals surface area contributed by atoms with Gasteiger partial charge in [0.25, 0.3) is 0 Å². The van der Waals surface area contributed by atoms with E-state index in [9.17, 15) is 0 Å². The molecule has 1 aromatic heterocycles. The molecule has 60 valence electrons. The second-order valence-electron chi connectivity index (χ2n) is 2.92. The van der Waals surface area contributed by atoms with Gasteiger partial charge in [-0.25, -0.2) is 0 Å². The van der Waals surface area contributed by atoms with E-state index in [0.717, 1.165) is 13.0 Å². The Hall–Kier alpha value is -0.990.